The van der Waals surface area contributed by atoms with Crippen LogP contribution >= 0.6 is 34.4 Å². The molecule has 146 valence electrons. The van der Waals surface area contributed by atoms with E-state index in [4.69, 9.17) is 10.1 Å². The topological polar surface area (TPSA) is 50.2 Å². The van der Waals surface area contributed by atoms with Crippen molar-refractivity contribution < 1.29 is 9.90 Å². The van der Waals surface area contributed by atoms with Crippen LogP contribution in [0.4, 0.5) is 0 Å². The van der Waals surface area contributed by atoms with E-state index < -0.39 is 5.97 Å². The van der Waals surface area contributed by atoms with E-state index in [1.807, 2.05) is 38.1 Å². The van der Waals surface area contributed by atoms with Gasteiger partial charge in [-0.25, -0.2) is 4.98 Å². The molecule has 0 atom stereocenters. The van der Waals surface area contributed by atoms with Crippen LogP contribution in [0, 0.1) is 18.8 Å². The summed E-state index contributed by atoms with van der Waals surface area (Å²) < 4.78 is 0. The average Bonchev–Trinajstić information content (AvgIpc) is 3.30. The minimum Gasteiger partial charge on any atom is -0.481 e. The van der Waals surface area contributed by atoms with E-state index in [2.05, 4.69) is 37.0 Å². The average molecular weight is 430 g/mol. The van der Waals surface area contributed by atoms with Crippen molar-refractivity contribution in [1.29, 1.82) is 0 Å². The summed E-state index contributed by atoms with van der Waals surface area (Å²) in [6.07, 6.45) is 0.815. The predicted octanol–water partition coefficient (Wildman–Crippen LogP) is 5.97. The second-order valence-electron chi connectivity index (χ2n) is 5.52. The fourth-order valence-corrected chi connectivity index (χ4v) is 4.59. The molecule has 0 spiro atoms. The Kier molecular flexibility index (Phi) is 9.29. The highest BCUT2D eigenvalue weighted by atomic mass is 32.2. The number of hydrogen-bond acceptors (Lipinski definition) is 5. The van der Waals surface area contributed by atoms with Gasteiger partial charge in [-0.1, -0.05) is 56.0 Å². The number of thiophene rings is 1. The number of carboxylic acids is 1. The van der Waals surface area contributed by atoms with Crippen molar-refractivity contribution in [3.63, 3.8) is 0 Å². The summed E-state index contributed by atoms with van der Waals surface area (Å²) in [5.41, 5.74) is 2.27. The molecule has 3 aromatic rings. The first-order valence-electron chi connectivity index (χ1n) is 9.00. The van der Waals surface area contributed by atoms with Gasteiger partial charge < -0.3 is 5.11 Å². The van der Waals surface area contributed by atoms with E-state index >= 15 is 0 Å². The van der Waals surface area contributed by atoms with Crippen molar-refractivity contribution in [2.45, 2.75) is 27.2 Å². The van der Waals surface area contributed by atoms with Crippen molar-refractivity contribution in [2.24, 2.45) is 0 Å². The summed E-state index contributed by atoms with van der Waals surface area (Å²) in [6, 6.07) is 14.4. The van der Waals surface area contributed by atoms with Gasteiger partial charge in [0.1, 0.15) is 5.01 Å². The molecule has 0 unspecified atom stereocenters. The summed E-state index contributed by atoms with van der Waals surface area (Å²) in [5.74, 6) is 5.95. The van der Waals surface area contributed by atoms with Crippen LogP contribution in [0.3, 0.4) is 0 Å². The molecule has 0 aliphatic heterocycles. The molecule has 0 bridgehead atoms. The maximum absolute atomic E-state index is 10.5. The lowest BCUT2D eigenvalue weighted by Gasteiger charge is -1.95. The molecule has 6 heteroatoms. The number of hydrogen-bond donors (Lipinski definition) is 1. The normalized spacial score (nSPS) is 9.82. The molecule has 0 aliphatic rings. The summed E-state index contributed by atoms with van der Waals surface area (Å²) in [5, 5.41) is 9.66. The smallest absolute Gasteiger partial charge is 0.313 e. The Hall–Kier alpha value is -2.07. The van der Waals surface area contributed by atoms with Gasteiger partial charge in [-0.2, -0.15) is 0 Å². The van der Waals surface area contributed by atoms with Gasteiger partial charge in [-0.3, -0.25) is 4.79 Å². The maximum Gasteiger partial charge on any atom is 0.313 e. The van der Waals surface area contributed by atoms with E-state index in [0.29, 0.717) is 5.75 Å². The van der Waals surface area contributed by atoms with Crippen molar-refractivity contribution in [3.8, 4) is 22.4 Å². The lowest BCUT2D eigenvalue weighted by molar-refractivity contribution is -0.133. The first-order valence-corrected chi connectivity index (χ1v) is 11.8. The third-order valence-corrected chi connectivity index (χ3v) is 6.39. The van der Waals surface area contributed by atoms with Gasteiger partial charge in [-0.05, 0) is 19.1 Å². The van der Waals surface area contributed by atoms with Gasteiger partial charge in [0.2, 0.25) is 0 Å². The minimum atomic E-state index is -0.802. The molecule has 0 amide bonds. The van der Waals surface area contributed by atoms with Crippen molar-refractivity contribution in [3.05, 3.63) is 62.8 Å². The van der Waals surface area contributed by atoms with Gasteiger partial charge in [0.05, 0.1) is 22.1 Å². The third-order valence-electron chi connectivity index (χ3n) is 3.53. The second-order valence-corrected chi connectivity index (χ2v) is 8.88. The molecular weight excluding hydrogens is 406 g/mol. The number of rotatable bonds is 6. The van der Waals surface area contributed by atoms with Gasteiger partial charge in [-0.15, -0.1) is 34.4 Å². The van der Waals surface area contributed by atoms with Crippen LogP contribution in [0.5, 0.6) is 0 Å². The Morgan fingerprint density at radius 1 is 1.14 bits per heavy atom. The van der Waals surface area contributed by atoms with Gasteiger partial charge in [0, 0.05) is 21.7 Å². The Balaban J connectivity index is 0.00000136. The van der Waals surface area contributed by atoms with Crippen molar-refractivity contribution >= 4 is 40.4 Å². The number of nitrogens with zero attached hydrogens (tertiary/aromatic N) is 1. The zero-order valence-corrected chi connectivity index (χ0v) is 18.6. The van der Waals surface area contributed by atoms with Crippen LogP contribution in [0.15, 0.2) is 42.5 Å². The minimum absolute atomic E-state index is 0.0945. The summed E-state index contributed by atoms with van der Waals surface area (Å²) >= 11 is 4.72. The number of thioether (sulfide) groups is 1. The van der Waals surface area contributed by atoms with E-state index in [0.717, 1.165) is 27.6 Å². The molecule has 3 rings (SSSR count). The first kappa shape index (κ1) is 22.2. The fraction of sp³-hybridized carbons (Fsp3) is 0.273. The predicted molar refractivity (Wildman–Crippen MR) is 123 cm³/mol. The molecule has 1 N–H and O–H groups in total. The standard InChI is InChI=1S/C20H17NO2S3.C2H6/c1-14-18(21-20(25-14)15-6-3-2-4-7-15)12-17-10-9-16(26-17)8-5-11-24-13-19(22)23;1-2/h2-4,6-7,9-10H,11-13H2,1H3,(H,22,23);1-2H3. The SMILES string of the molecule is CC.Cc1sc(-c2ccccc2)nc1Cc1ccc(C#CCSCC(=O)O)s1. The van der Waals surface area contributed by atoms with E-state index in [-0.39, 0.29) is 5.75 Å². The van der Waals surface area contributed by atoms with E-state index in [1.165, 1.54) is 21.5 Å². The highest BCUT2D eigenvalue weighted by Crippen LogP contribution is 2.29. The second kappa shape index (κ2) is 11.7. The highest BCUT2D eigenvalue weighted by molar-refractivity contribution is 8.00. The van der Waals surface area contributed by atoms with Crippen LogP contribution in [0.2, 0.25) is 0 Å². The van der Waals surface area contributed by atoms with Crippen molar-refractivity contribution in [2.75, 3.05) is 11.5 Å². The first-order chi connectivity index (χ1) is 13.6. The van der Waals surface area contributed by atoms with Crippen LogP contribution in [-0.4, -0.2) is 27.6 Å². The quantitative estimate of drug-likeness (QED) is 0.388. The number of aliphatic carboxylic acids is 1. The molecule has 0 radical (unpaired) electrons. The zero-order valence-electron chi connectivity index (χ0n) is 16.2. The van der Waals surface area contributed by atoms with Crippen LogP contribution < -0.4 is 0 Å². The van der Waals surface area contributed by atoms with Crippen LogP contribution in [0.1, 0.15) is 34.2 Å². The lowest BCUT2D eigenvalue weighted by Crippen LogP contribution is -1.97. The summed E-state index contributed by atoms with van der Waals surface area (Å²) in [7, 11) is 0. The van der Waals surface area contributed by atoms with Crippen LogP contribution in [0.25, 0.3) is 10.6 Å². The fourth-order valence-electron chi connectivity index (χ4n) is 2.31. The van der Waals surface area contributed by atoms with E-state index in [1.54, 1.807) is 22.7 Å². The molecule has 0 aliphatic carbocycles. The largest absolute Gasteiger partial charge is 0.481 e. The number of benzene rings is 1. The molecule has 0 saturated heterocycles. The van der Waals surface area contributed by atoms with Crippen LogP contribution in [-0.2, 0) is 11.2 Å². The monoisotopic (exact) mass is 429 g/mol. The molecule has 2 aromatic heterocycles. The number of carbonyl (C=O) groups is 1. The number of aryl methyl sites for hydroxylation is 1. The third kappa shape index (κ3) is 6.83. The van der Waals surface area contributed by atoms with Crippen molar-refractivity contribution in [1.82, 2.24) is 4.98 Å². The molecule has 28 heavy (non-hydrogen) atoms. The Bertz CT molecular complexity index is 949. The number of carboxylic acid groups (broad SMARTS) is 1. The maximum atomic E-state index is 10.5. The Morgan fingerprint density at radius 3 is 2.61 bits per heavy atom. The summed E-state index contributed by atoms with van der Waals surface area (Å²) in [6.45, 7) is 6.12. The zero-order chi connectivity index (χ0) is 20.4. The molecule has 0 fully saturated rings. The Morgan fingerprint density at radius 2 is 1.89 bits per heavy atom. The van der Waals surface area contributed by atoms with Gasteiger partial charge in [0.15, 0.2) is 0 Å². The molecule has 3 nitrogen and oxygen atoms in total. The number of aromatic nitrogens is 1. The lowest BCUT2D eigenvalue weighted by atomic mass is 10.2. The van der Waals surface area contributed by atoms with Gasteiger partial charge in [0.25, 0.3) is 0 Å². The molecule has 0 saturated carbocycles. The summed E-state index contributed by atoms with van der Waals surface area (Å²) in [4.78, 5) is 18.8. The molecule has 1 aromatic carbocycles. The molecule has 2 heterocycles. The van der Waals surface area contributed by atoms with E-state index in [9.17, 15) is 4.79 Å². The highest BCUT2D eigenvalue weighted by Gasteiger charge is 2.11. The van der Waals surface area contributed by atoms with Gasteiger partial charge >= 0.3 is 5.97 Å². The Labute approximate surface area is 178 Å². The number of thiazole rings is 1. The molecular formula is C22H23NO2S3.